The SMILES string of the molecule is O=C(OC1CCCCC1)c1cncc[n+]1Cc1ccccc1. The molecule has 3 rings (SSSR count). The quantitative estimate of drug-likeness (QED) is 0.644. The minimum absolute atomic E-state index is 0.0617. The second-order valence-electron chi connectivity index (χ2n) is 5.74. The molecule has 0 bridgehead atoms. The van der Waals surface area contributed by atoms with Gasteiger partial charge in [0.05, 0.1) is 6.20 Å². The van der Waals surface area contributed by atoms with Crippen LogP contribution in [0.5, 0.6) is 0 Å². The fraction of sp³-hybridized carbons (Fsp3) is 0.389. The van der Waals surface area contributed by atoms with E-state index in [2.05, 4.69) is 4.98 Å². The van der Waals surface area contributed by atoms with Gasteiger partial charge in [0.15, 0.2) is 12.7 Å². The summed E-state index contributed by atoms with van der Waals surface area (Å²) >= 11 is 0. The van der Waals surface area contributed by atoms with Gasteiger partial charge in [0.25, 0.3) is 0 Å². The first kappa shape index (κ1) is 14.7. The summed E-state index contributed by atoms with van der Waals surface area (Å²) in [5.74, 6) is -0.268. The monoisotopic (exact) mass is 297 g/mol. The summed E-state index contributed by atoms with van der Waals surface area (Å²) in [5, 5.41) is 0. The number of ether oxygens (including phenoxy) is 1. The lowest BCUT2D eigenvalue weighted by molar-refractivity contribution is -0.691. The normalized spacial score (nSPS) is 15.5. The standard InChI is InChI=1S/C18H21N2O2/c21-18(22-16-9-5-2-6-10-16)17-13-19-11-12-20(17)14-15-7-3-1-4-8-15/h1,3-4,7-8,11-13,16H,2,5-6,9-10,14H2/q+1. The van der Waals surface area contributed by atoms with E-state index in [0.717, 1.165) is 31.2 Å². The Hall–Kier alpha value is -2.23. The van der Waals surface area contributed by atoms with Crippen LogP contribution in [0.1, 0.15) is 48.2 Å². The van der Waals surface area contributed by atoms with Gasteiger partial charge in [0, 0.05) is 5.56 Å². The van der Waals surface area contributed by atoms with Gasteiger partial charge in [-0.05, 0) is 25.7 Å². The third-order valence-corrected chi connectivity index (χ3v) is 4.07. The average Bonchev–Trinajstić information content (AvgIpc) is 2.57. The Morgan fingerprint density at radius 1 is 1.18 bits per heavy atom. The van der Waals surface area contributed by atoms with Crippen molar-refractivity contribution in [3.8, 4) is 0 Å². The summed E-state index contributed by atoms with van der Waals surface area (Å²) in [6, 6.07) is 10.1. The van der Waals surface area contributed by atoms with Crippen molar-refractivity contribution in [2.75, 3.05) is 0 Å². The number of esters is 1. The fourth-order valence-corrected chi connectivity index (χ4v) is 2.87. The molecule has 2 aromatic rings. The second-order valence-corrected chi connectivity index (χ2v) is 5.74. The van der Waals surface area contributed by atoms with Gasteiger partial charge in [-0.15, -0.1) is 0 Å². The van der Waals surface area contributed by atoms with Crippen LogP contribution >= 0.6 is 0 Å². The van der Waals surface area contributed by atoms with Crippen LogP contribution in [-0.4, -0.2) is 17.1 Å². The molecule has 1 aromatic carbocycles. The van der Waals surface area contributed by atoms with E-state index in [1.54, 1.807) is 12.4 Å². The predicted molar refractivity (Wildman–Crippen MR) is 82.3 cm³/mol. The summed E-state index contributed by atoms with van der Waals surface area (Å²) < 4.78 is 7.55. The summed E-state index contributed by atoms with van der Waals surface area (Å²) in [7, 11) is 0. The molecule has 0 amide bonds. The minimum Gasteiger partial charge on any atom is -0.454 e. The van der Waals surface area contributed by atoms with E-state index in [1.165, 1.54) is 6.42 Å². The number of hydrogen-bond donors (Lipinski definition) is 0. The van der Waals surface area contributed by atoms with Crippen molar-refractivity contribution in [2.24, 2.45) is 0 Å². The maximum Gasteiger partial charge on any atom is 0.405 e. The number of nitrogens with zero attached hydrogens (tertiary/aromatic N) is 2. The van der Waals surface area contributed by atoms with E-state index in [4.69, 9.17) is 4.74 Å². The lowest BCUT2D eigenvalue weighted by Gasteiger charge is -2.21. The molecule has 0 N–H and O–H groups in total. The van der Waals surface area contributed by atoms with Crippen molar-refractivity contribution in [2.45, 2.75) is 44.8 Å². The summed E-state index contributed by atoms with van der Waals surface area (Å²) in [4.78, 5) is 16.5. The van der Waals surface area contributed by atoms with Gasteiger partial charge in [-0.25, -0.2) is 4.79 Å². The van der Waals surface area contributed by atoms with Crippen molar-refractivity contribution in [1.82, 2.24) is 4.98 Å². The molecular weight excluding hydrogens is 276 g/mol. The molecule has 1 fully saturated rings. The van der Waals surface area contributed by atoms with E-state index in [-0.39, 0.29) is 12.1 Å². The van der Waals surface area contributed by atoms with Gasteiger partial charge in [-0.2, -0.15) is 4.57 Å². The van der Waals surface area contributed by atoms with E-state index in [0.29, 0.717) is 12.2 Å². The van der Waals surface area contributed by atoms with Crippen LogP contribution in [0.4, 0.5) is 0 Å². The van der Waals surface area contributed by atoms with E-state index in [1.807, 2.05) is 41.1 Å². The smallest absolute Gasteiger partial charge is 0.405 e. The number of carbonyl (C=O) groups excluding carboxylic acids is 1. The highest BCUT2D eigenvalue weighted by Crippen LogP contribution is 2.20. The number of hydrogen-bond acceptors (Lipinski definition) is 3. The molecular formula is C18H21N2O2+. The van der Waals surface area contributed by atoms with Gasteiger partial charge < -0.3 is 4.74 Å². The molecule has 0 atom stereocenters. The Balaban J connectivity index is 1.74. The van der Waals surface area contributed by atoms with Crippen molar-refractivity contribution in [1.29, 1.82) is 0 Å². The molecule has 1 heterocycles. The van der Waals surface area contributed by atoms with Crippen molar-refractivity contribution < 1.29 is 14.1 Å². The molecule has 1 aliphatic rings. The molecule has 1 aliphatic carbocycles. The molecule has 0 unspecified atom stereocenters. The van der Waals surface area contributed by atoms with Gasteiger partial charge in [-0.1, -0.05) is 36.8 Å². The van der Waals surface area contributed by atoms with Gasteiger partial charge in [-0.3, -0.25) is 4.98 Å². The zero-order valence-electron chi connectivity index (χ0n) is 12.6. The van der Waals surface area contributed by atoms with Crippen LogP contribution < -0.4 is 4.57 Å². The van der Waals surface area contributed by atoms with Crippen LogP contribution in [0.15, 0.2) is 48.9 Å². The maximum atomic E-state index is 12.4. The van der Waals surface area contributed by atoms with Crippen molar-refractivity contribution in [3.63, 3.8) is 0 Å². The highest BCUT2D eigenvalue weighted by molar-refractivity contribution is 5.85. The zero-order chi connectivity index (χ0) is 15.2. The Labute approximate surface area is 130 Å². The third kappa shape index (κ3) is 3.70. The Kier molecular flexibility index (Phi) is 4.78. The second kappa shape index (κ2) is 7.16. The molecule has 1 aromatic heterocycles. The Morgan fingerprint density at radius 2 is 1.95 bits per heavy atom. The largest absolute Gasteiger partial charge is 0.454 e. The molecule has 114 valence electrons. The highest BCUT2D eigenvalue weighted by atomic mass is 16.5. The maximum absolute atomic E-state index is 12.4. The predicted octanol–water partition coefficient (Wildman–Crippen LogP) is 2.91. The summed E-state index contributed by atoms with van der Waals surface area (Å²) in [5.41, 5.74) is 1.65. The van der Waals surface area contributed by atoms with E-state index < -0.39 is 0 Å². The number of benzene rings is 1. The van der Waals surface area contributed by atoms with Gasteiger partial charge in [0.2, 0.25) is 0 Å². The zero-order valence-corrected chi connectivity index (χ0v) is 12.6. The first-order valence-corrected chi connectivity index (χ1v) is 7.91. The summed E-state index contributed by atoms with van der Waals surface area (Å²) in [6.45, 7) is 0.637. The van der Waals surface area contributed by atoms with Gasteiger partial charge >= 0.3 is 11.7 Å². The molecule has 0 spiro atoms. The minimum atomic E-state index is -0.268. The molecule has 0 saturated heterocycles. The van der Waals surface area contributed by atoms with Crippen LogP contribution in [0.25, 0.3) is 0 Å². The van der Waals surface area contributed by atoms with Crippen molar-refractivity contribution in [3.05, 3.63) is 60.2 Å². The number of rotatable bonds is 4. The lowest BCUT2D eigenvalue weighted by atomic mass is 9.98. The van der Waals surface area contributed by atoms with Crippen LogP contribution in [0, 0.1) is 0 Å². The third-order valence-electron chi connectivity index (χ3n) is 4.07. The molecule has 0 aliphatic heterocycles. The average molecular weight is 297 g/mol. The molecule has 4 nitrogen and oxygen atoms in total. The van der Waals surface area contributed by atoms with Crippen molar-refractivity contribution >= 4 is 5.97 Å². The van der Waals surface area contributed by atoms with Crippen LogP contribution in [-0.2, 0) is 11.3 Å². The fourth-order valence-electron chi connectivity index (χ4n) is 2.87. The van der Waals surface area contributed by atoms with E-state index >= 15 is 0 Å². The topological polar surface area (TPSA) is 43.1 Å². The molecule has 22 heavy (non-hydrogen) atoms. The number of aromatic nitrogens is 2. The van der Waals surface area contributed by atoms with Crippen LogP contribution in [0.2, 0.25) is 0 Å². The highest BCUT2D eigenvalue weighted by Gasteiger charge is 2.25. The molecule has 4 heteroatoms. The van der Waals surface area contributed by atoms with E-state index in [9.17, 15) is 4.79 Å². The van der Waals surface area contributed by atoms with Gasteiger partial charge in [0.1, 0.15) is 12.3 Å². The molecule has 1 saturated carbocycles. The molecule has 0 radical (unpaired) electrons. The number of carbonyl (C=O) groups is 1. The Bertz CT molecular complexity index is 622. The van der Waals surface area contributed by atoms with Crippen LogP contribution in [0.3, 0.4) is 0 Å². The Morgan fingerprint density at radius 3 is 2.73 bits per heavy atom. The summed E-state index contributed by atoms with van der Waals surface area (Å²) in [6.07, 6.45) is 10.7. The first-order chi connectivity index (χ1) is 10.8. The lowest BCUT2D eigenvalue weighted by Crippen LogP contribution is -2.42. The first-order valence-electron chi connectivity index (χ1n) is 7.91.